The summed E-state index contributed by atoms with van der Waals surface area (Å²) in [5.41, 5.74) is 6.99. The van der Waals surface area contributed by atoms with Crippen molar-refractivity contribution in [2.75, 3.05) is 11.5 Å². The van der Waals surface area contributed by atoms with Crippen LogP contribution in [0.25, 0.3) is 0 Å². The van der Waals surface area contributed by atoms with Gasteiger partial charge in [0.1, 0.15) is 0 Å². The van der Waals surface area contributed by atoms with Gasteiger partial charge in [-0.3, -0.25) is 4.79 Å². The van der Waals surface area contributed by atoms with E-state index in [9.17, 15) is 13.2 Å². The van der Waals surface area contributed by atoms with Crippen LogP contribution in [0.15, 0.2) is 30.3 Å². The highest BCUT2D eigenvalue weighted by Gasteiger charge is 2.29. The molecule has 1 aromatic carbocycles. The number of carbonyl (C=O) groups is 1. The van der Waals surface area contributed by atoms with Gasteiger partial charge in [0.2, 0.25) is 5.91 Å². The average molecular weight is 296 g/mol. The van der Waals surface area contributed by atoms with E-state index in [0.717, 1.165) is 12.0 Å². The van der Waals surface area contributed by atoms with Gasteiger partial charge in [-0.15, -0.1) is 0 Å². The minimum absolute atomic E-state index is 0.0319. The Bertz CT molecular complexity index is 557. The maximum Gasteiger partial charge on any atom is 0.237 e. The van der Waals surface area contributed by atoms with Crippen LogP contribution in [-0.2, 0) is 21.1 Å². The molecule has 2 unspecified atom stereocenters. The van der Waals surface area contributed by atoms with Gasteiger partial charge in [0.05, 0.1) is 17.5 Å². The summed E-state index contributed by atoms with van der Waals surface area (Å²) < 4.78 is 22.6. The molecule has 0 spiro atoms. The Labute approximate surface area is 119 Å². The van der Waals surface area contributed by atoms with E-state index in [0.29, 0.717) is 12.8 Å². The molecule has 1 fully saturated rings. The molecular weight excluding hydrogens is 276 g/mol. The number of nitrogens with two attached hydrogens (primary N) is 1. The number of benzene rings is 1. The van der Waals surface area contributed by atoms with Crippen molar-refractivity contribution in [2.45, 2.75) is 31.3 Å². The molecule has 5 nitrogen and oxygen atoms in total. The topological polar surface area (TPSA) is 89.3 Å². The van der Waals surface area contributed by atoms with Crippen molar-refractivity contribution in [3.05, 3.63) is 35.9 Å². The second kappa shape index (κ2) is 6.37. The summed E-state index contributed by atoms with van der Waals surface area (Å²) in [6.07, 6.45) is 1.77. The molecule has 0 aromatic heterocycles. The van der Waals surface area contributed by atoms with Gasteiger partial charge in [-0.25, -0.2) is 8.42 Å². The van der Waals surface area contributed by atoms with Gasteiger partial charge >= 0.3 is 0 Å². The third-order valence-corrected chi connectivity index (χ3v) is 5.27. The molecule has 20 heavy (non-hydrogen) atoms. The Morgan fingerprint density at radius 2 is 2.05 bits per heavy atom. The molecule has 0 bridgehead atoms. The number of sulfone groups is 1. The van der Waals surface area contributed by atoms with Gasteiger partial charge in [0.25, 0.3) is 0 Å². The Balaban J connectivity index is 1.78. The summed E-state index contributed by atoms with van der Waals surface area (Å²) in [5, 5.41) is 2.73. The highest BCUT2D eigenvalue weighted by molar-refractivity contribution is 7.91. The predicted octanol–water partition coefficient (Wildman–Crippen LogP) is 0.250. The van der Waals surface area contributed by atoms with E-state index < -0.39 is 15.9 Å². The number of hydrogen-bond acceptors (Lipinski definition) is 4. The highest BCUT2D eigenvalue weighted by atomic mass is 32.2. The standard InChI is InChI=1S/C14H20N2O3S/c15-13(7-6-11-4-2-1-3-5-11)14(17)16-12-8-9-20(18,19)10-12/h1-5,12-13H,6-10,15H2,(H,16,17). The van der Waals surface area contributed by atoms with Gasteiger partial charge in [-0.1, -0.05) is 30.3 Å². The molecule has 2 atom stereocenters. The minimum Gasteiger partial charge on any atom is -0.351 e. The first-order chi connectivity index (χ1) is 9.46. The molecule has 2 rings (SSSR count). The van der Waals surface area contributed by atoms with Gasteiger partial charge in [-0.05, 0) is 24.8 Å². The maximum atomic E-state index is 11.9. The van der Waals surface area contributed by atoms with E-state index in [1.807, 2.05) is 30.3 Å². The Kier molecular flexibility index (Phi) is 4.77. The van der Waals surface area contributed by atoms with Gasteiger partial charge < -0.3 is 11.1 Å². The fourth-order valence-corrected chi connectivity index (χ4v) is 3.99. The van der Waals surface area contributed by atoms with Crippen molar-refractivity contribution in [1.82, 2.24) is 5.32 Å². The van der Waals surface area contributed by atoms with Crippen LogP contribution < -0.4 is 11.1 Å². The van der Waals surface area contributed by atoms with Crippen LogP contribution in [0.2, 0.25) is 0 Å². The lowest BCUT2D eigenvalue weighted by Crippen LogP contribution is -2.46. The molecular formula is C14H20N2O3S. The fraction of sp³-hybridized carbons (Fsp3) is 0.500. The number of hydrogen-bond donors (Lipinski definition) is 2. The molecule has 1 aliphatic rings. The van der Waals surface area contributed by atoms with Crippen molar-refractivity contribution in [3.63, 3.8) is 0 Å². The van der Waals surface area contributed by atoms with Gasteiger partial charge in [0.15, 0.2) is 9.84 Å². The summed E-state index contributed by atoms with van der Waals surface area (Å²) in [7, 11) is -2.98. The summed E-state index contributed by atoms with van der Waals surface area (Å²) >= 11 is 0. The molecule has 0 radical (unpaired) electrons. The first-order valence-electron chi connectivity index (χ1n) is 6.76. The van der Waals surface area contributed by atoms with Crippen molar-refractivity contribution >= 4 is 15.7 Å². The van der Waals surface area contributed by atoms with Gasteiger partial charge in [-0.2, -0.15) is 0 Å². The van der Waals surface area contributed by atoms with E-state index >= 15 is 0 Å². The second-order valence-corrected chi connectivity index (χ2v) is 7.47. The summed E-state index contributed by atoms with van der Waals surface area (Å²) in [4.78, 5) is 11.9. The molecule has 1 amide bonds. The molecule has 3 N–H and O–H groups in total. The van der Waals surface area contributed by atoms with Gasteiger partial charge in [0, 0.05) is 6.04 Å². The third kappa shape index (κ3) is 4.31. The third-order valence-electron chi connectivity index (χ3n) is 3.50. The molecule has 1 saturated heterocycles. The first-order valence-corrected chi connectivity index (χ1v) is 8.59. The quantitative estimate of drug-likeness (QED) is 0.815. The second-order valence-electron chi connectivity index (χ2n) is 5.24. The molecule has 1 aliphatic heterocycles. The van der Waals surface area contributed by atoms with E-state index in [1.54, 1.807) is 0 Å². The zero-order chi connectivity index (χ0) is 14.6. The lowest BCUT2D eigenvalue weighted by Gasteiger charge is -2.15. The van der Waals surface area contributed by atoms with Crippen LogP contribution in [0, 0.1) is 0 Å². The number of aryl methyl sites for hydroxylation is 1. The zero-order valence-electron chi connectivity index (χ0n) is 11.3. The summed E-state index contributed by atoms with van der Waals surface area (Å²) in [6.45, 7) is 0. The van der Waals surface area contributed by atoms with Crippen LogP contribution in [-0.4, -0.2) is 37.9 Å². The molecule has 6 heteroatoms. The number of carbonyl (C=O) groups excluding carboxylic acids is 1. The van der Waals surface area contributed by atoms with E-state index in [4.69, 9.17) is 5.73 Å². The molecule has 1 heterocycles. The highest BCUT2D eigenvalue weighted by Crippen LogP contribution is 2.11. The van der Waals surface area contributed by atoms with Crippen LogP contribution in [0.1, 0.15) is 18.4 Å². The lowest BCUT2D eigenvalue weighted by molar-refractivity contribution is -0.123. The Morgan fingerprint density at radius 1 is 1.35 bits per heavy atom. The van der Waals surface area contributed by atoms with E-state index in [2.05, 4.69) is 5.32 Å². The Hall–Kier alpha value is -1.40. The monoisotopic (exact) mass is 296 g/mol. The minimum atomic E-state index is -2.98. The summed E-state index contributed by atoms with van der Waals surface area (Å²) in [5.74, 6) is -0.0792. The van der Waals surface area contributed by atoms with Crippen LogP contribution in [0.3, 0.4) is 0 Å². The number of rotatable bonds is 5. The fourth-order valence-electron chi connectivity index (χ4n) is 2.32. The van der Waals surface area contributed by atoms with Crippen molar-refractivity contribution < 1.29 is 13.2 Å². The average Bonchev–Trinajstić information content (AvgIpc) is 2.76. The van der Waals surface area contributed by atoms with Crippen molar-refractivity contribution in [2.24, 2.45) is 5.73 Å². The Morgan fingerprint density at radius 3 is 2.65 bits per heavy atom. The SMILES string of the molecule is NC(CCc1ccccc1)C(=O)NC1CCS(=O)(=O)C1. The summed E-state index contributed by atoms with van der Waals surface area (Å²) in [6, 6.07) is 8.95. The lowest BCUT2D eigenvalue weighted by atomic mass is 10.1. The number of nitrogens with one attached hydrogen (secondary N) is 1. The van der Waals surface area contributed by atoms with Crippen molar-refractivity contribution in [1.29, 1.82) is 0 Å². The van der Waals surface area contributed by atoms with E-state index in [1.165, 1.54) is 0 Å². The smallest absolute Gasteiger partial charge is 0.237 e. The van der Waals surface area contributed by atoms with Crippen LogP contribution in [0.4, 0.5) is 0 Å². The van der Waals surface area contributed by atoms with E-state index in [-0.39, 0.29) is 23.5 Å². The molecule has 0 aliphatic carbocycles. The first kappa shape index (κ1) is 15.0. The predicted molar refractivity (Wildman–Crippen MR) is 77.9 cm³/mol. The largest absolute Gasteiger partial charge is 0.351 e. The molecule has 1 aromatic rings. The van der Waals surface area contributed by atoms with Crippen LogP contribution in [0.5, 0.6) is 0 Å². The molecule has 110 valence electrons. The maximum absolute atomic E-state index is 11.9. The van der Waals surface area contributed by atoms with Crippen LogP contribution >= 0.6 is 0 Å². The zero-order valence-corrected chi connectivity index (χ0v) is 12.1. The molecule has 0 saturated carbocycles. The number of amides is 1. The normalized spacial score (nSPS) is 22.4. The van der Waals surface area contributed by atoms with Crippen molar-refractivity contribution in [3.8, 4) is 0 Å².